The fourth-order valence-corrected chi connectivity index (χ4v) is 2.65. The fraction of sp³-hybridized carbons (Fsp3) is 0.529. The van der Waals surface area contributed by atoms with Gasteiger partial charge in [0, 0.05) is 6.04 Å². The van der Waals surface area contributed by atoms with E-state index < -0.39 is 5.91 Å². The van der Waals surface area contributed by atoms with Crippen LogP contribution in [-0.2, 0) is 4.79 Å². The fourth-order valence-electron chi connectivity index (χ4n) is 2.65. The van der Waals surface area contributed by atoms with Crippen molar-refractivity contribution in [3.05, 3.63) is 29.3 Å². The van der Waals surface area contributed by atoms with Crippen LogP contribution in [0.2, 0.25) is 0 Å². The van der Waals surface area contributed by atoms with Crippen molar-refractivity contribution in [1.29, 1.82) is 0 Å². The highest BCUT2D eigenvalue weighted by Crippen LogP contribution is 2.20. The van der Waals surface area contributed by atoms with E-state index >= 15 is 0 Å². The zero-order valence-electron chi connectivity index (χ0n) is 13.8. The zero-order chi connectivity index (χ0) is 16.7. The van der Waals surface area contributed by atoms with Crippen molar-refractivity contribution in [3.8, 4) is 5.75 Å². The molecule has 1 aromatic rings. The van der Waals surface area contributed by atoms with E-state index in [1.54, 1.807) is 0 Å². The van der Waals surface area contributed by atoms with Gasteiger partial charge in [0.2, 0.25) is 0 Å². The van der Waals surface area contributed by atoms with Crippen LogP contribution in [0.4, 0.5) is 4.79 Å². The van der Waals surface area contributed by atoms with E-state index in [4.69, 9.17) is 4.74 Å². The third-order valence-electron chi connectivity index (χ3n) is 4.17. The molecule has 3 N–H and O–H groups in total. The molecule has 1 fully saturated rings. The lowest BCUT2D eigenvalue weighted by Gasteiger charge is -2.22. The molecule has 0 radical (unpaired) electrons. The predicted octanol–water partition coefficient (Wildman–Crippen LogP) is 2.35. The number of urea groups is 1. The van der Waals surface area contributed by atoms with E-state index in [1.165, 1.54) is 6.42 Å². The van der Waals surface area contributed by atoms with Crippen LogP contribution in [0.15, 0.2) is 18.2 Å². The van der Waals surface area contributed by atoms with E-state index in [1.807, 2.05) is 32.0 Å². The van der Waals surface area contributed by atoms with Gasteiger partial charge in [-0.1, -0.05) is 31.4 Å². The number of hydrogen-bond donors (Lipinski definition) is 3. The number of aryl methyl sites for hydroxylation is 1. The largest absolute Gasteiger partial charge is 0.483 e. The lowest BCUT2D eigenvalue weighted by atomic mass is 9.96. The molecule has 126 valence electrons. The first-order valence-electron chi connectivity index (χ1n) is 8.10. The van der Waals surface area contributed by atoms with Crippen LogP contribution >= 0.6 is 0 Å². The minimum Gasteiger partial charge on any atom is -0.483 e. The van der Waals surface area contributed by atoms with Gasteiger partial charge in [0.1, 0.15) is 5.75 Å². The van der Waals surface area contributed by atoms with Crippen molar-refractivity contribution in [2.75, 3.05) is 6.61 Å². The smallest absolute Gasteiger partial charge is 0.333 e. The molecule has 1 saturated carbocycles. The number of ether oxygens (including phenoxy) is 1. The molecule has 0 aromatic heterocycles. The minimum absolute atomic E-state index is 0.145. The highest BCUT2D eigenvalue weighted by Gasteiger charge is 2.15. The summed E-state index contributed by atoms with van der Waals surface area (Å²) in [5.41, 5.74) is 6.82. The van der Waals surface area contributed by atoms with Crippen molar-refractivity contribution in [2.24, 2.45) is 0 Å². The van der Waals surface area contributed by atoms with Gasteiger partial charge in [-0.05, 0) is 43.9 Å². The van der Waals surface area contributed by atoms with E-state index in [0.29, 0.717) is 5.75 Å². The summed E-state index contributed by atoms with van der Waals surface area (Å²) in [7, 11) is 0. The quantitative estimate of drug-likeness (QED) is 0.745. The Morgan fingerprint density at radius 2 is 1.87 bits per heavy atom. The summed E-state index contributed by atoms with van der Waals surface area (Å²) in [5, 5.41) is 2.86. The summed E-state index contributed by atoms with van der Waals surface area (Å²) in [6, 6.07) is 5.51. The Bertz CT molecular complexity index is 554. The standard InChI is InChI=1S/C17H25N3O3/c1-12-7-6-10-15(13(12)2)23-11-16(21)19-20-17(22)18-14-8-4-3-5-9-14/h6-7,10,14H,3-5,8-9,11H2,1-2H3,(H,19,21)(H2,18,20,22). The van der Waals surface area contributed by atoms with E-state index in [0.717, 1.165) is 36.8 Å². The Balaban J connectivity index is 1.68. The minimum atomic E-state index is -0.398. The second kappa shape index (κ2) is 8.41. The molecule has 0 unspecified atom stereocenters. The first kappa shape index (κ1) is 17.1. The maximum atomic E-state index is 11.7. The highest BCUT2D eigenvalue weighted by molar-refractivity contribution is 5.82. The molecule has 0 aliphatic heterocycles. The third-order valence-corrected chi connectivity index (χ3v) is 4.17. The van der Waals surface area contributed by atoms with Gasteiger partial charge in [-0.3, -0.25) is 10.2 Å². The molecule has 0 saturated heterocycles. The van der Waals surface area contributed by atoms with Crippen LogP contribution in [0.25, 0.3) is 0 Å². The third kappa shape index (κ3) is 5.47. The SMILES string of the molecule is Cc1cccc(OCC(=O)NNC(=O)NC2CCCCC2)c1C. The first-order chi connectivity index (χ1) is 11.1. The number of hydrazine groups is 1. The normalized spacial score (nSPS) is 14.9. The van der Waals surface area contributed by atoms with Crippen LogP contribution in [-0.4, -0.2) is 24.6 Å². The van der Waals surface area contributed by atoms with Gasteiger partial charge >= 0.3 is 6.03 Å². The monoisotopic (exact) mass is 319 g/mol. The van der Waals surface area contributed by atoms with Crippen molar-refractivity contribution < 1.29 is 14.3 Å². The molecule has 1 aliphatic carbocycles. The highest BCUT2D eigenvalue weighted by atomic mass is 16.5. The molecule has 0 heterocycles. The lowest BCUT2D eigenvalue weighted by molar-refractivity contribution is -0.123. The molecule has 0 bridgehead atoms. The van der Waals surface area contributed by atoms with E-state index in [2.05, 4.69) is 16.2 Å². The van der Waals surface area contributed by atoms with Crippen LogP contribution in [0.1, 0.15) is 43.2 Å². The average molecular weight is 319 g/mol. The molecule has 23 heavy (non-hydrogen) atoms. The number of rotatable bonds is 4. The van der Waals surface area contributed by atoms with Crippen LogP contribution in [0.3, 0.4) is 0 Å². The maximum absolute atomic E-state index is 11.7. The molecular weight excluding hydrogens is 294 g/mol. The summed E-state index contributed by atoms with van der Waals surface area (Å²) in [4.78, 5) is 23.4. The number of carbonyl (C=O) groups is 2. The average Bonchev–Trinajstić information content (AvgIpc) is 2.55. The van der Waals surface area contributed by atoms with Gasteiger partial charge in [0.15, 0.2) is 6.61 Å². The van der Waals surface area contributed by atoms with Crippen LogP contribution in [0.5, 0.6) is 5.75 Å². The molecule has 2 rings (SSSR count). The van der Waals surface area contributed by atoms with Gasteiger partial charge in [0.25, 0.3) is 5.91 Å². The molecule has 6 nitrogen and oxygen atoms in total. The maximum Gasteiger partial charge on any atom is 0.333 e. The van der Waals surface area contributed by atoms with Crippen molar-refractivity contribution in [1.82, 2.24) is 16.2 Å². The number of nitrogens with one attached hydrogen (secondary N) is 3. The van der Waals surface area contributed by atoms with Gasteiger partial charge in [0.05, 0.1) is 0 Å². The summed E-state index contributed by atoms with van der Waals surface area (Å²) < 4.78 is 5.48. The summed E-state index contributed by atoms with van der Waals surface area (Å²) in [5.74, 6) is 0.275. The van der Waals surface area contributed by atoms with Gasteiger partial charge in [-0.2, -0.15) is 0 Å². The molecule has 1 aliphatic rings. The topological polar surface area (TPSA) is 79.5 Å². The summed E-state index contributed by atoms with van der Waals surface area (Å²) >= 11 is 0. The Morgan fingerprint density at radius 3 is 2.61 bits per heavy atom. The second-order valence-electron chi connectivity index (χ2n) is 5.97. The zero-order valence-corrected chi connectivity index (χ0v) is 13.8. The Kier molecular flexibility index (Phi) is 6.26. The second-order valence-corrected chi connectivity index (χ2v) is 5.97. The first-order valence-corrected chi connectivity index (χ1v) is 8.10. The van der Waals surface area contributed by atoms with E-state index in [-0.39, 0.29) is 18.7 Å². The number of benzene rings is 1. The van der Waals surface area contributed by atoms with Crippen molar-refractivity contribution in [2.45, 2.75) is 52.0 Å². The molecule has 1 aromatic carbocycles. The molecule has 0 atom stereocenters. The molecule has 3 amide bonds. The van der Waals surface area contributed by atoms with Gasteiger partial charge in [-0.15, -0.1) is 0 Å². The Hall–Kier alpha value is -2.24. The summed E-state index contributed by atoms with van der Waals surface area (Å²) in [6.07, 6.45) is 5.50. The Labute approximate surface area is 136 Å². The lowest BCUT2D eigenvalue weighted by Crippen LogP contribution is -2.51. The Morgan fingerprint density at radius 1 is 1.13 bits per heavy atom. The van der Waals surface area contributed by atoms with E-state index in [9.17, 15) is 9.59 Å². The summed E-state index contributed by atoms with van der Waals surface area (Å²) in [6.45, 7) is 3.78. The molecular formula is C17H25N3O3. The predicted molar refractivity (Wildman–Crippen MR) is 88.1 cm³/mol. The van der Waals surface area contributed by atoms with Gasteiger partial charge < -0.3 is 10.1 Å². The number of carbonyl (C=O) groups excluding carboxylic acids is 2. The van der Waals surface area contributed by atoms with Gasteiger partial charge in [-0.25, -0.2) is 10.2 Å². The van der Waals surface area contributed by atoms with Crippen LogP contribution in [0, 0.1) is 13.8 Å². The number of hydrogen-bond acceptors (Lipinski definition) is 3. The van der Waals surface area contributed by atoms with Crippen molar-refractivity contribution in [3.63, 3.8) is 0 Å². The molecule has 6 heteroatoms. The van der Waals surface area contributed by atoms with Crippen molar-refractivity contribution >= 4 is 11.9 Å². The number of amides is 3. The molecule has 0 spiro atoms. The van der Waals surface area contributed by atoms with Crippen LogP contribution < -0.4 is 20.9 Å².